The van der Waals surface area contributed by atoms with E-state index in [0.717, 1.165) is 50.0 Å². The molecule has 1 unspecified atom stereocenters. The molecule has 2 aromatic heterocycles. The molecule has 2 amide bonds. The first-order chi connectivity index (χ1) is 15.1. The van der Waals surface area contributed by atoms with Crippen LogP contribution in [0.15, 0.2) is 60.7 Å². The van der Waals surface area contributed by atoms with Gasteiger partial charge in [-0.15, -0.1) is 0 Å². The lowest BCUT2D eigenvalue weighted by atomic mass is 9.96. The Kier molecular flexibility index (Phi) is 3.05. The average molecular weight is 406 g/mol. The van der Waals surface area contributed by atoms with Crippen LogP contribution in [0.25, 0.3) is 43.6 Å². The molecule has 1 aliphatic heterocycles. The van der Waals surface area contributed by atoms with Crippen LogP contribution in [-0.2, 0) is 0 Å². The molecule has 4 N–H and O–H groups in total. The number of amides is 2. The first kappa shape index (κ1) is 16.8. The molecule has 2 aliphatic rings. The van der Waals surface area contributed by atoms with Crippen molar-refractivity contribution in [3.05, 3.63) is 71.8 Å². The van der Waals surface area contributed by atoms with Crippen LogP contribution < -0.4 is 11.1 Å². The van der Waals surface area contributed by atoms with Crippen molar-refractivity contribution in [2.24, 2.45) is 5.73 Å². The number of nitrogens with two attached hydrogens (primary N) is 1. The van der Waals surface area contributed by atoms with Crippen molar-refractivity contribution in [1.82, 2.24) is 14.9 Å². The number of aromatic amines is 1. The first-order valence-corrected chi connectivity index (χ1v) is 10.4. The van der Waals surface area contributed by atoms with Gasteiger partial charge >= 0.3 is 0 Å². The van der Waals surface area contributed by atoms with E-state index in [1.165, 1.54) is 0 Å². The Bertz CT molecular complexity index is 1650. The maximum atomic E-state index is 13.0. The van der Waals surface area contributed by atoms with Gasteiger partial charge in [0.2, 0.25) is 0 Å². The lowest BCUT2D eigenvalue weighted by Crippen LogP contribution is -2.20. The van der Waals surface area contributed by atoms with E-state index in [-0.39, 0.29) is 23.9 Å². The molecule has 3 heterocycles. The minimum absolute atomic E-state index is 0.00118. The smallest absolute Gasteiger partial charge is 0.259 e. The van der Waals surface area contributed by atoms with E-state index in [1.54, 1.807) is 0 Å². The number of nitrogens with zero attached hydrogens (tertiary/aromatic N) is 1. The fourth-order valence-electron chi connectivity index (χ4n) is 5.52. The van der Waals surface area contributed by atoms with Gasteiger partial charge < -0.3 is 15.3 Å². The summed E-state index contributed by atoms with van der Waals surface area (Å²) < 4.78 is 2.28. The monoisotopic (exact) mass is 406 g/mol. The summed E-state index contributed by atoms with van der Waals surface area (Å²) in [5, 5.41) is 6.07. The SMILES string of the molecule is N[C@@H]1C=CC(n2c3ccccc3c3c4c(c5c6ccccc6[nH]c5c32)C(=O)NC4=O)C1. The molecule has 3 aromatic carbocycles. The van der Waals surface area contributed by atoms with Crippen molar-refractivity contribution in [3.63, 3.8) is 0 Å². The van der Waals surface area contributed by atoms with Crippen LogP contribution in [-0.4, -0.2) is 27.4 Å². The predicted octanol–water partition coefficient (Wildman–Crippen LogP) is 4.14. The number of hydrogen-bond acceptors (Lipinski definition) is 3. The third-order valence-corrected chi connectivity index (χ3v) is 6.71. The number of hydrogen-bond donors (Lipinski definition) is 3. The van der Waals surface area contributed by atoms with Gasteiger partial charge in [0.25, 0.3) is 11.8 Å². The van der Waals surface area contributed by atoms with Crippen molar-refractivity contribution in [1.29, 1.82) is 0 Å². The molecular weight excluding hydrogens is 388 g/mol. The molecule has 1 aliphatic carbocycles. The lowest BCUT2D eigenvalue weighted by molar-refractivity contribution is 0.0880. The quantitative estimate of drug-likeness (QED) is 0.288. The Hall–Kier alpha value is -3.90. The summed E-state index contributed by atoms with van der Waals surface area (Å²) >= 11 is 0. The molecule has 7 rings (SSSR count). The highest BCUT2D eigenvalue weighted by molar-refractivity contribution is 6.39. The number of aromatic nitrogens is 2. The van der Waals surface area contributed by atoms with E-state index in [2.05, 4.69) is 27.0 Å². The summed E-state index contributed by atoms with van der Waals surface area (Å²) in [4.78, 5) is 29.5. The summed E-state index contributed by atoms with van der Waals surface area (Å²) in [6.07, 6.45) is 4.97. The molecule has 0 saturated carbocycles. The van der Waals surface area contributed by atoms with E-state index in [9.17, 15) is 9.59 Å². The highest BCUT2D eigenvalue weighted by Gasteiger charge is 2.36. The van der Waals surface area contributed by atoms with Crippen molar-refractivity contribution in [2.75, 3.05) is 0 Å². The molecule has 0 bridgehead atoms. The minimum atomic E-state index is -0.337. The fourth-order valence-corrected chi connectivity index (χ4v) is 5.52. The Labute approximate surface area is 176 Å². The van der Waals surface area contributed by atoms with E-state index < -0.39 is 0 Å². The second-order valence-electron chi connectivity index (χ2n) is 8.42. The van der Waals surface area contributed by atoms with Gasteiger partial charge in [-0.1, -0.05) is 48.6 Å². The number of nitrogens with one attached hydrogen (secondary N) is 2. The Morgan fingerprint density at radius 3 is 2.35 bits per heavy atom. The van der Waals surface area contributed by atoms with Gasteiger partial charge in [-0.2, -0.15) is 0 Å². The molecule has 0 radical (unpaired) electrons. The van der Waals surface area contributed by atoms with Gasteiger partial charge in [-0.05, 0) is 18.6 Å². The van der Waals surface area contributed by atoms with Gasteiger partial charge in [0.15, 0.2) is 0 Å². The molecule has 2 atom stereocenters. The number of allylic oxidation sites excluding steroid dienone is 1. The van der Waals surface area contributed by atoms with Crippen molar-refractivity contribution in [2.45, 2.75) is 18.5 Å². The fraction of sp³-hybridized carbons (Fsp3) is 0.120. The van der Waals surface area contributed by atoms with Crippen LogP contribution in [0.5, 0.6) is 0 Å². The third-order valence-electron chi connectivity index (χ3n) is 6.71. The summed E-state index contributed by atoms with van der Waals surface area (Å²) in [5.74, 6) is -0.671. The maximum absolute atomic E-state index is 13.0. The van der Waals surface area contributed by atoms with E-state index in [0.29, 0.717) is 11.1 Å². The number of carbonyl (C=O) groups is 2. The highest BCUT2D eigenvalue weighted by atomic mass is 16.2. The zero-order chi connectivity index (χ0) is 20.9. The second-order valence-corrected chi connectivity index (χ2v) is 8.42. The number of carbonyl (C=O) groups excluding carboxylic acids is 2. The molecule has 0 fully saturated rings. The number of rotatable bonds is 1. The van der Waals surface area contributed by atoms with Crippen LogP contribution >= 0.6 is 0 Å². The summed E-state index contributed by atoms with van der Waals surface area (Å²) in [5.41, 5.74) is 10.9. The molecule has 31 heavy (non-hydrogen) atoms. The van der Waals surface area contributed by atoms with Gasteiger partial charge in [-0.25, -0.2) is 0 Å². The zero-order valence-corrected chi connectivity index (χ0v) is 16.5. The Morgan fingerprint density at radius 2 is 1.58 bits per heavy atom. The molecule has 5 aromatic rings. The molecular formula is C25H18N4O2. The maximum Gasteiger partial charge on any atom is 0.259 e. The van der Waals surface area contributed by atoms with E-state index in [1.807, 2.05) is 48.5 Å². The molecule has 0 spiro atoms. The van der Waals surface area contributed by atoms with Crippen LogP contribution in [0.2, 0.25) is 0 Å². The Balaban J connectivity index is 1.81. The predicted molar refractivity (Wildman–Crippen MR) is 121 cm³/mol. The van der Waals surface area contributed by atoms with Crippen LogP contribution in [0.3, 0.4) is 0 Å². The normalized spacial score (nSPS) is 20.5. The number of benzene rings is 3. The molecule has 6 heteroatoms. The van der Waals surface area contributed by atoms with Crippen molar-refractivity contribution < 1.29 is 9.59 Å². The molecule has 0 saturated heterocycles. The Morgan fingerprint density at radius 1 is 0.871 bits per heavy atom. The number of imide groups is 1. The number of para-hydroxylation sites is 2. The van der Waals surface area contributed by atoms with Crippen LogP contribution in [0, 0.1) is 0 Å². The second kappa shape index (κ2) is 5.62. The lowest BCUT2D eigenvalue weighted by Gasteiger charge is -2.16. The summed E-state index contributed by atoms with van der Waals surface area (Å²) in [6.45, 7) is 0. The van der Waals surface area contributed by atoms with E-state index in [4.69, 9.17) is 5.73 Å². The van der Waals surface area contributed by atoms with Gasteiger partial charge in [0, 0.05) is 38.6 Å². The standard InChI is InChI=1S/C25H18N4O2/c26-12-9-10-13(11-12)29-17-8-4-2-6-15(17)19-21-20(24(30)28-25(21)31)18-14-5-1-3-7-16(14)27-22(18)23(19)29/h1-10,12-13,27H,11,26H2,(H,28,30,31)/t12-,13?/m1/s1. The van der Waals surface area contributed by atoms with Crippen LogP contribution in [0.4, 0.5) is 0 Å². The molecule has 150 valence electrons. The van der Waals surface area contributed by atoms with Gasteiger partial charge in [0.05, 0.1) is 28.2 Å². The summed E-state index contributed by atoms with van der Waals surface area (Å²) in [6, 6.07) is 16.1. The average Bonchev–Trinajstić information content (AvgIpc) is 3.50. The van der Waals surface area contributed by atoms with Crippen molar-refractivity contribution in [3.8, 4) is 0 Å². The zero-order valence-electron chi connectivity index (χ0n) is 16.5. The largest absolute Gasteiger partial charge is 0.353 e. The minimum Gasteiger partial charge on any atom is -0.353 e. The molecule has 6 nitrogen and oxygen atoms in total. The van der Waals surface area contributed by atoms with Gasteiger partial charge in [-0.3, -0.25) is 14.9 Å². The number of H-pyrrole nitrogens is 1. The van der Waals surface area contributed by atoms with Crippen LogP contribution in [0.1, 0.15) is 33.2 Å². The first-order valence-electron chi connectivity index (χ1n) is 10.4. The van der Waals surface area contributed by atoms with E-state index >= 15 is 0 Å². The van der Waals surface area contributed by atoms with Gasteiger partial charge in [0.1, 0.15) is 0 Å². The summed E-state index contributed by atoms with van der Waals surface area (Å²) in [7, 11) is 0. The third kappa shape index (κ3) is 2.00. The highest BCUT2D eigenvalue weighted by Crippen LogP contribution is 2.45. The van der Waals surface area contributed by atoms with Crippen molar-refractivity contribution >= 4 is 55.4 Å². The topological polar surface area (TPSA) is 92.9 Å². The number of fused-ring (bicyclic) bond motifs is 10.